The van der Waals surface area contributed by atoms with Gasteiger partial charge in [-0.25, -0.2) is 9.78 Å². The molecule has 2 aromatic heterocycles. The molecule has 1 N–H and O–H groups in total. The summed E-state index contributed by atoms with van der Waals surface area (Å²) in [6.45, 7) is 6.11. The third-order valence-electron chi connectivity index (χ3n) is 2.76. The van der Waals surface area contributed by atoms with Crippen LogP contribution in [0.3, 0.4) is 0 Å². The van der Waals surface area contributed by atoms with Crippen LogP contribution >= 0.6 is 11.3 Å². The molecule has 0 spiro atoms. The molecule has 0 bridgehead atoms. The van der Waals surface area contributed by atoms with Crippen molar-refractivity contribution >= 4 is 17.3 Å². The number of aryl methyl sites for hydroxylation is 1. The Balaban J connectivity index is 2.38. The Hall–Kier alpha value is -1.69. The zero-order valence-corrected chi connectivity index (χ0v) is 12.1. The molecule has 0 atom stereocenters. The van der Waals surface area contributed by atoms with Crippen LogP contribution in [-0.2, 0) is 6.42 Å². The van der Waals surface area contributed by atoms with E-state index in [0.29, 0.717) is 17.0 Å². The number of hydrogen-bond acceptors (Lipinski definition) is 4. The van der Waals surface area contributed by atoms with E-state index in [4.69, 9.17) is 0 Å². The van der Waals surface area contributed by atoms with E-state index in [9.17, 15) is 9.90 Å². The molecule has 0 saturated carbocycles. The zero-order chi connectivity index (χ0) is 14.0. The van der Waals surface area contributed by atoms with Gasteiger partial charge in [-0.05, 0) is 20.3 Å². The van der Waals surface area contributed by atoms with Crippen LogP contribution in [-0.4, -0.2) is 25.8 Å². The third kappa shape index (κ3) is 2.84. The maximum atomic E-state index is 11.2. The number of thiazole rings is 1. The van der Waals surface area contributed by atoms with Crippen molar-refractivity contribution in [2.75, 3.05) is 0 Å². The molecule has 0 saturated heterocycles. The molecule has 0 amide bonds. The van der Waals surface area contributed by atoms with Crippen molar-refractivity contribution in [1.82, 2.24) is 14.8 Å². The lowest BCUT2D eigenvalue weighted by molar-refractivity contribution is 0.0700. The van der Waals surface area contributed by atoms with Gasteiger partial charge in [0.05, 0.1) is 11.9 Å². The first-order valence-electron chi connectivity index (χ1n) is 6.30. The molecule has 0 unspecified atom stereocenters. The highest BCUT2D eigenvalue weighted by molar-refractivity contribution is 7.17. The van der Waals surface area contributed by atoms with E-state index < -0.39 is 5.97 Å². The summed E-state index contributed by atoms with van der Waals surface area (Å²) in [6.07, 6.45) is 5.22. The molecule has 2 heterocycles. The standard InChI is InChI=1S/C13H17N3O2S/c1-4-5-10-11(13(17)18)19-12(15-10)9-6-14-16(7-9)8(2)3/h6-8H,4-5H2,1-3H3,(H,17,18). The second-order valence-corrected chi connectivity index (χ2v) is 5.65. The quantitative estimate of drug-likeness (QED) is 0.912. The Morgan fingerprint density at radius 3 is 2.79 bits per heavy atom. The highest BCUT2D eigenvalue weighted by atomic mass is 32.1. The van der Waals surface area contributed by atoms with Gasteiger partial charge in [0.15, 0.2) is 0 Å². The molecular formula is C13H17N3O2S. The van der Waals surface area contributed by atoms with Crippen molar-refractivity contribution in [3.63, 3.8) is 0 Å². The molecule has 0 fully saturated rings. The van der Waals surface area contributed by atoms with Crippen LogP contribution in [0.2, 0.25) is 0 Å². The van der Waals surface area contributed by atoms with Crippen LogP contribution in [0.5, 0.6) is 0 Å². The molecule has 0 aliphatic rings. The van der Waals surface area contributed by atoms with Gasteiger partial charge in [-0.15, -0.1) is 11.3 Å². The molecule has 19 heavy (non-hydrogen) atoms. The second kappa shape index (κ2) is 5.52. The van der Waals surface area contributed by atoms with Crippen LogP contribution in [0, 0.1) is 0 Å². The summed E-state index contributed by atoms with van der Waals surface area (Å²) in [5.41, 5.74) is 1.55. The zero-order valence-electron chi connectivity index (χ0n) is 11.3. The summed E-state index contributed by atoms with van der Waals surface area (Å²) in [5, 5.41) is 14.2. The first-order valence-corrected chi connectivity index (χ1v) is 7.12. The van der Waals surface area contributed by atoms with E-state index in [-0.39, 0.29) is 6.04 Å². The Labute approximate surface area is 115 Å². The van der Waals surface area contributed by atoms with Gasteiger partial charge in [0.25, 0.3) is 0 Å². The summed E-state index contributed by atoms with van der Waals surface area (Å²) in [7, 11) is 0. The molecular weight excluding hydrogens is 262 g/mol. The Morgan fingerprint density at radius 2 is 2.26 bits per heavy atom. The lowest BCUT2D eigenvalue weighted by atomic mass is 10.2. The first-order chi connectivity index (χ1) is 9.02. The molecule has 102 valence electrons. The first kappa shape index (κ1) is 13.7. The van der Waals surface area contributed by atoms with Crippen molar-refractivity contribution in [1.29, 1.82) is 0 Å². The maximum Gasteiger partial charge on any atom is 0.347 e. The van der Waals surface area contributed by atoms with E-state index in [0.717, 1.165) is 17.0 Å². The molecule has 5 nitrogen and oxygen atoms in total. The lowest BCUT2D eigenvalue weighted by Crippen LogP contribution is -1.99. The van der Waals surface area contributed by atoms with Crippen LogP contribution in [0.15, 0.2) is 12.4 Å². The number of carboxylic acids is 1. The fourth-order valence-corrected chi connectivity index (χ4v) is 2.70. The predicted octanol–water partition coefficient (Wildman–Crippen LogP) is 3.24. The third-order valence-corrected chi connectivity index (χ3v) is 3.89. The highest BCUT2D eigenvalue weighted by Gasteiger charge is 2.18. The van der Waals surface area contributed by atoms with Crippen LogP contribution in [0.4, 0.5) is 0 Å². The minimum absolute atomic E-state index is 0.280. The fourth-order valence-electron chi connectivity index (χ4n) is 1.78. The van der Waals surface area contributed by atoms with Gasteiger partial charge in [0.1, 0.15) is 9.88 Å². The number of nitrogens with zero attached hydrogens (tertiary/aromatic N) is 3. The fraction of sp³-hybridized carbons (Fsp3) is 0.462. The number of carboxylic acid groups (broad SMARTS) is 1. The normalized spacial score (nSPS) is 11.2. The summed E-state index contributed by atoms with van der Waals surface area (Å²) >= 11 is 1.22. The van der Waals surface area contributed by atoms with Crippen molar-refractivity contribution < 1.29 is 9.90 Å². The molecule has 0 radical (unpaired) electrons. The van der Waals surface area contributed by atoms with Gasteiger partial charge >= 0.3 is 5.97 Å². The van der Waals surface area contributed by atoms with Crippen LogP contribution in [0.1, 0.15) is 48.6 Å². The highest BCUT2D eigenvalue weighted by Crippen LogP contribution is 2.29. The Morgan fingerprint density at radius 1 is 1.53 bits per heavy atom. The molecule has 2 aromatic rings. The largest absolute Gasteiger partial charge is 0.477 e. The minimum Gasteiger partial charge on any atom is -0.477 e. The van der Waals surface area contributed by atoms with E-state index in [1.807, 2.05) is 31.6 Å². The summed E-state index contributed by atoms with van der Waals surface area (Å²) in [6, 6.07) is 0.280. The predicted molar refractivity (Wildman–Crippen MR) is 74.7 cm³/mol. The molecule has 0 aromatic carbocycles. The van der Waals surface area contributed by atoms with E-state index in [1.165, 1.54) is 11.3 Å². The van der Waals surface area contributed by atoms with E-state index >= 15 is 0 Å². The van der Waals surface area contributed by atoms with Crippen molar-refractivity contribution in [2.24, 2.45) is 0 Å². The van der Waals surface area contributed by atoms with Crippen LogP contribution in [0.25, 0.3) is 10.6 Å². The average Bonchev–Trinajstić information content (AvgIpc) is 2.94. The second-order valence-electron chi connectivity index (χ2n) is 4.65. The number of hydrogen-bond donors (Lipinski definition) is 1. The molecule has 0 aliphatic heterocycles. The summed E-state index contributed by atoms with van der Waals surface area (Å²) in [5.74, 6) is -0.900. The Bertz CT molecular complexity index is 586. The number of carbonyl (C=O) groups is 1. The number of rotatable bonds is 5. The molecule has 0 aliphatic carbocycles. The summed E-state index contributed by atoms with van der Waals surface area (Å²) in [4.78, 5) is 16.0. The van der Waals surface area contributed by atoms with Gasteiger partial charge in [0.2, 0.25) is 0 Å². The van der Waals surface area contributed by atoms with Gasteiger partial charge in [0, 0.05) is 17.8 Å². The van der Waals surface area contributed by atoms with Gasteiger partial charge in [-0.1, -0.05) is 13.3 Å². The maximum absolute atomic E-state index is 11.2. The van der Waals surface area contributed by atoms with E-state index in [1.54, 1.807) is 6.20 Å². The smallest absolute Gasteiger partial charge is 0.347 e. The van der Waals surface area contributed by atoms with Gasteiger partial charge in [-0.3, -0.25) is 4.68 Å². The Kier molecular flexibility index (Phi) is 3.99. The molecule has 2 rings (SSSR count). The lowest BCUT2D eigenvalue weighted by Gasteiger charge is -2.02. The van der Waals surface area contributed by atoms with Crippen LogP contribution < -0.4 is 0 Å². The topological polar surface area (TPSA) is 68.0 Å². The van der Waals surface area contributed by atoms with Gasteiger partial charge < -0.3 is 5.11 Å². The molecule has 6 heteroatoms. The monoisotopic (exact) mass is 279 g/mol. The van der Waals surface area contributed by atoms with Crippen molar-refractivity contribution in [3.8, 4) is 10.6 Å². The number of aromatic carboxylic acids is 1. The minimum atomic E-state index is -0.900. The van der Waals surface area contributed by atoms with Gasteiger partial charge in [-0.2, -0.15) is 5.10 Å². The average molecular weight is 279 g/mol. The van der Waals surface area contributed by atoms with Crippen molar-refractivity contribution in [3.05, 3.63) is 23.0 Å². The van der Waals surface area contributed by atoms with Crippen molar-refractivity contribution in [2.45, 2.75) is 39.7 Å². The number of aromatic nitrogens is 3. The van der Waals surface area contributed by atoms with E-state index in [2.05, 4.69) is 10.1 Å². The SMILES string of the molecule is CCCc1nc(-c2cnn(C(C)C)c2)sc1C(=O)O. The summed E-state index contributed by atoms with van der Waals surface area (Å²) < 4.78 is 1.84.